The van der Waals surface area contributed by atoms with Gasteiger partial charge in [-0.15, -0.1) is 11.3 Å². The van der Waals surface area contributed by atoms with Crippen molar-refractivity contribution in [2.45, 2.75) is 18.8 Å². The summed E-state index contributed by atoms with van der Waals surface area (Å²) in [5.41, 5.74) is 2.87. The number of hydrogen-bond donors (Lipinski definition) is 0. The molecule has 3 heteroatoms. The summed E-state index contributed by atoms with van der Waals surface area (Å²) in [5, 5.41) is 4.08. The normalized spacial score (nSPS) is 11.7. The number of alkyl halides is 2. The van der Waals surface area contributed by atoms with Crippen molar-refractivity contribution in [2.24, 2.45) is 0 Å². The Morgan fingerprint density at radius 3 is 2.44 bits per heavy atom. The molecule has 0 N–H and O–H groups in total. The second-order valence-corrected chi connectivity index (χ2v) is 6.83. The molecule has 0 aliphatic carbocycles. The first-order valence-electron chi connectivity index (χ1n) is 5.92. The van der Waals surface area contributed by atoms with Crippen molar-refractivity contribution in [1.82, 2.24) is 0 Å². The number of thiophene rings is 1. The molecule has 0 saturated heterocycles. The van der Waals surface area contributed by atoms with Crippen LogP contribution in [0.3, 0.4) is 0 Å². The Bertz CT molecular complexity index is 487. The molecule has 1 aromatic heterocycles. The van der Waals surface area contributed by atoms with Gasteiger partial charge in [-0.2, -0.15) is 0 Å². The quantitative estimate of drug-likeness (QED) is 0.608. The molecule has 1 heterocycles. The van der Waals surface area contributed by atoms with E-state index >= 15 is 0 Å². The molecule has 1 aromatic carbocycles. The smallest absolute Gasteiger partial charge is 0.0195 e. The average Bonchev–Trinajstić information content (AvgIpc) is 2.89. The summed E-state index contributed by atoms with van der Waals surface area (Å²) >= 11 is 9.27. The zero-order chi connectivity index (χ0) is 13.0. The van der Waals surface area contributed by atoms with Gasteiger partial charge in [0.2, 0.25) is 0 Å². The lowest BCUT2D eigenvalue weighted by Gasteiger charge is -2.30. The molecule has 18 heavy (non-hydrogen) atoms. The van der Waals surface area contributed by atoms with Crippen LogP contribution in [0.25, 0.3) is 0 Å². The standard InChI is InChI=1S/C15H16Br2S/c1-12-4-2-5-13(8-12)15(10-16,11-17)9-14-6-3-7-18-14/h2-8H,9-11H2,1H3. The van der Waals surface area contributed by atoms with Crippen molar-refractivity contribution in [2.75, 3.05) is 10.7 Å². The summed E-state index contributed by atoms with van der Waals surface area (Å²) in [6, 6.07) is 13.2. The zero-order valence-electron chi connectivity index (χ0n) is 10.3. The summed E-state index contributed by atoms with van der Waals surface area (Å²) in [4.78, 5) is 1.44. The van der Waals surface area contributed by atoms with E-state index in [1.165, 1.54) is 16.0 Å². The average molecular weight is 388 g/mol. The van der Waals surface area contributed by atoms with Crippen molar-refractivity contribution in [3.63, 3.8) is 0 Å². The maximum atomic E-state index is 3.71. The monoisotopic (exact) mass is 386 g/mol. The minimum atomic E-state index is 0.136. The number of aryl methyl sites for hydroxylation is 1. The fraction of sp³-hybridized carbons (Fsp3) is 0.333. The van der Waals surface area contributed by atoms with Crippen molar-refractivity contribution >= 4 is 43.2 Å². The van der Waals surface area contributed by atoms with Crippen LogP contribution in [-0.2, 0) is 11.8 Å². The fourth-order valence-corrected chi connectivity index (χ4v) is 4.93. The molecule has 0 aliphatic rings. The van der Waals surface area contributed by atoms with Gasteiger partial charge in [0.05, 0.1) is 0 Å². The molecule has 0 fully saturated rings. The van der Waals surface area contributed by atoms with Crippen molar-refractivity contribution in [3.05, 3.63) is 57.8 Å². The van der Waals surface area contributed by atoms with Crippen LogP contribution in [0.5, 0.6) is 0 Å². The molecule has 0 spiro atoms. The highest BCUT2D eigenvalue weighted by Crippen LogP contribution is 2.34. The molecular weight excluding hydrogens is 372 g/mol. The van der Waals surface area contributed by atoms with Crippen LogP contribution in [0.4, 0.5) is 0 Å². The van der Waals surface area contributed by atoms with E-state index in [4.69, 9.17) is 0 Å². The van der Waals surface area contributed by atoms with Gasteiger partial charge >= 0.3 is 0 Å². The third kappa shape index (κ3) is 3.06. The Labute approximate surface area is 130 Å². The third-order valence-electron chi connectivity index (χ3n) is 3.23. The molecule has 0 amide bonds. The van der Waals surface area contributed by atoms with Crippen LogP contribution >= 0.6 is 43.2 Å². The summed E-state index contributed by atoms with van der Waals surface area (Å²) in [7, 11) is 0. The van der Waals surface area contributed by atoms with Gasteiger partial charge < -0.3 is 0 Å². The van der Waals surface area contributed by atoms with Gasteiger partial charge in [-0.05, 0) is 30.4 Å². The van der Waals surface area contributed by atoms with E-state index in [1.807, 2.05) is 11.3 Å². The maximum Gasteiger partial charge on any atom is 0.0195 e. The highest BCUT2D eigenvalue weighted by Gasteiger charge is 2.30. The third-order valence-corrected chi connectivity index (χ3v) is 6.26. The highest BCUT2D eigenvalue weighted by molar-refractivity contribution is 9.09. The Kier molecular flexibility index (Phi) is 5.05. The Balaban J connectivity index is 2.37. The Morgan fingerprint density at radius 1 is 1.11 bits per heavy atom. The summed E-state index contributed by atoms with van der Waals surface area (Å²) in [6.07, 6.45) is 1.07. The van der Waals surface area contributed by atoms with E-state index in [-0.39, 0.29) is 5.41 Å². The summed E-state index contributed by atoms with van der Waals surface area (Å²) in [5.74, 6) is 0. The van der Waals surface area contributed by atoms with Crippen LogP contribution in [-0.4, -0.2) is 10.7 Å². The van der Waals surface area contributed by atoms with E-state index in [2.05, 4.69) is 80.6 Å². The molecule has 0 aliphatic heterocycles. The molecule has 0 nitrogen and oxygen atoms in total. The molecule has 0 saturated carbocycles. The van der Waals surface area contributed by atoms with Gasteiger partial charge in [0, 0.05) is 21.0 Å². The molecule has 2 rings (SSSR count). The molecule has 2 aromatic rings. The lowest BCUT2D eigenvalue weighted by molar-refractivity contribution is 0.555. The first-order valence-corrected chi connectivity index (χ1v) is 9.04. The molecular formula is C15H16Br2S. The second kappa shape index (κ2) is 6.36. The van der Waals surface area contributed by atoms with E-state index in [0.29, 0.717) is 0 Å². The highest BCUT2D eigenvalue weighted by atomic mass is 79.9. The van der Waals surface area contributed by atoms with Crippen molar-refractivity contribution < 1.29 is 0 Å². The molecule has 0 bridgehead atoms. The van der Waals surface area contributed by atoms with E-state index in [0.717, 1.165) is 17.1 Å². The van der Waals surface area contributed by atoms with Gasteiger partial charge in [0.25, 0.3) is 0 Å². The predicted octanol–water partition coefficient (Wildman–Crippen LogP) is 5.33. The minimum absolute atomic E-state index is 0.136. The fourth-order valence-electron chi connectivity index (χ4n) is 2.11. The van der Waals surface area contributed by atoms with Gasteiger partial charge in [-0.25, -0.2) is 0 Å². The Morgan fingerprint density at radius 2 is 1.89 bits per heavy atom. The maximum absolute atomic E-state index is 3.71. The number of rotatable bonds is 5. The molecule has 0 unspecified atom stereocenters. The SMILES string of the molecule is Cc1cccc(C(CBr)(CBr)Cc2cccs2)c1. The van der Waals surface area contributed by atoms with Crippen LogP contribution in [0.2, 0.25) is 0 Å². The first-order chi connectivity index (χ1) is 8.70. The lowest BCUT2D eigenvalue weighted by atomic mass is 9.80. The lowest BCUT2D eigenvalue weighted by Crippen LogP contribution is -2.32. The van der Waals surface area contributed by atoms with Crippen LogP contribution in [0.1, 0.15) is 16.0 Å². The molecule has 0 radical (unpaired) electrons. The number of benzene rings is 1. The second-order valence-electron chi connectivity index (χ2n) is 4.67. The van der Waals surface area contributed by atoms with E-state index < -0.39 is 0 Å². The topological polar surface area (TPSA) is 0 Å². The van der Waals surface area contributed by atoms with Crippen molar-refractivity contribution in [3.8, 4) is 0 Å². The number of halogens is 2. The summed E-state index contributed by atoms with van der Waals surface area (Å²) in [6.45, 7) is 2.15. The zero-order valence-corrected chi connectivity index (χ0v) is 14.3. The van der Waals surface area contributed by atoms with Crippen LogP contribution < -0.4 is 0 Å². The predicted molar refractivity (Wildman–Crippen MR) is 88.5 cm³/mol. The number of hydrogen-bond acceptors (Lipinski definition) is 1. The van der Waals surface area contributed by atoms with E-state index in [9.17, 15) is 0 Å². The van der Waals surface area contributed by atoms with Gasteiger partial charge in [0.1, 0.15) is 0 Å². The van der Waals surface area contributed by atoms with Gasteiger partial charge in [0.15, 0.2) is 0 Å². The molecule has 0 atom stereocenters. The van der Waals surface area contributed by atoms with Crippen LogP contribution in [0.15, 0.2) is 41.8 Å². The first kappa shape index (κ1) is 14.3. The largest absolute Gasteiger partial charge is 0.149 e. The minimum Gasteiger partial charge on any atom is -0.149 e. The molecule has 96 valence electrons. The van der Waals surface area contributed by atoms with Crippen molar-refractivity contribution in [1.29, 1.82) is 0 Å². The Hall–Kier alpha value is -0.120. The van der Waals surface area contributed by atoms with E-state index in [1.54, 1.807) is 0 Å². The van der Waals surface area contributed by atoms with Gasteiger partial charge in [-0.1, -0.05) is 67.8 Å². The summed E-state index contributed by atoms with van der Waals surface area (Å²) < 4.78 is 0. The van der Waals surface area contributed by atoms with Gasteiger partial charge in [-0.3, -0.25) is 0 Å². The van der Waals surface area contributed by atoms with Crippen LogP contribution in [0, 0.1) is 6.92 Å².